The largest absolute Gasteiger partial charge is 0.344 e. The quantitative estimate of drug-likeness (QED) is 0.685. The molecule has 2 atom stereocenters. The molecule has 0 aliphatic rings. The Morgan fingerprint density at radius 3 is 2.38 bits per heavy atom. The van der Waals surface area contributed by atoms with Crippen LogP contribution < -0.4 is 5.32 Å². The van der Waals surface area contributed by atoms with Crippen molar-refractivity contribution < 1.29 is 9.59 Å². The number of nitrogens with one attached hydrogen (secondary N) is 1. The highest BCUT2D eigenvalue weighted by Crippen LogP contribution is 2.04. The normalized spacial score (nSPS) is 14.1. The minimum absolute atomic E-state index is 0.0782. The third kappa shape index (κ3) is 5.39. The molecular formula is C11H22N2O2S. The molecule has 16 heavy (non-hydrogen) atoms. The Morgan fingerprint density at radius 2 is 2.00 bits per heavy atom. The molecule has 4 nitrogen and oxygen atoms in total. The summed E-state index contributed by atoms with van der Waals surface area (Å²) in [6.45, 7) is 6.29. The molecule has 0 aromatic rings. The average molecular weight is 246 g/mol. The van der Waals surface area contributed by atoms with Crippen LogP contribution in [-0.4, -0.2) is 42.1 Å². The summed E-state index contributed by atoms with van der Waals surface area (Å²) in [6.07, 6.45) is 1.03. The van der Waals surface area contributed by atoms with Gasteiger partial charge in [-0.05, 0) is 5.92 Å². The van der Waals surface area contributed by atoms with Crippen molar-refractivity contribution >= 4 is 24.4 Å². The molecule has 0 saturated carbocycles. The number of likely N-dealkylation sites (N-methyl/N-ethyl adjacent to an activating group) is 1. The molecule has 0 rings (SSSR count). The maximum absolute atomic E-state index is 11.9. The second-order valence-electron chi connectivity index (χ2n) is 4.17. The van der Waals surface area contributed by atoms with Crippen molar-refractivity contribution in [2.75, 3.05) is 19.3 Å². The van der Waals surface area contributed by atoms with Crippen LogP contribution in [0.3, 0.4) is 0 Å². The predicted octanol–water partition coefficient (Wildman–Crippen LogP) is 0.925. The van der Waals surface area contributed by atoms with Crippen molar-refractivity contribution in [2.45, 2.75) is 33.2 Å². The second-order valence-corrected chi connectivity index (χ2v) is 4.53. The SMILES string of the molecule is CCC(C)CN(C)C(=O)C(CS)NC(C)=O. The number of hydrogen-bond acceptors (Lipinski definition) is 3. The van der Waals surface area contributed by atoms with Crippen molar-refractivity contribution in [2.24, 2.45) is 5.92 Å². The van der Waals surface area contributed by atoms with E-state index in [2.05, 4.69) is 31.8 Å². The molecule has 0 spiro atoms. The Hall–Kier alpha value is -0.710. The number of hydrogen-bond donors (Lipinski definition) is 2. The van der Waals surface area contributed by atoms with E-state index in [0.29, 0.717) is 18.2 Å². The van der Waals surface area contributed by atoms with Gasteiger partial charge >= 0.3 is 0 Å². The van der Waals surface area contributed by atoms with Gasteiger partial charge in [0.1, 0.15) is 6.04 Å². The zero-order valence-electron chi connectivity index (χ0n) is 10.5. The number of carbonyl (C=O) groups is 2. The first-order chi connectivity index (χ1) is 7.42. The van der Waals surface area contributed by atoms with E-state index in [0.717, 1.165) is 6.42 Å². The first-order valence-corrected chi connectivity index (χ1v) is 6.18. The lowest BCUT2D eigenvalue weighted by atomic mass is 10.1. The van der Waals surface area contributed by atoms with E-state index in [-0.39, 0.29) is 11.8 Å². The maximum atomic E-state index is 11.9. The summed E-state index contributed by atoms with van der Waals surface area (Å²) >= 11 is 4.08. The highest BCUT2D eigenvalue weighted by atomic mass is 32.1. The molecule has 94 valence electrons. The third-order valence-corrected chi connectivity index (χ3v) is 2.88. The van der Waals surface area contributed by atoms with Gasteiger partial charge in [0.25, 0.3) is 0 Å². The first kappa shape index (κ1) is 15.3. The molecule has 0 saturated heterocycles. The Bertz CT molecular complexity index is 246. The lowest BCUT2D eigenvalue weighted by Gasteiger charge is -2.25. The van der Waals surface area contributed by atoms with Crippen LogP contribution in [0.25, 0.3) is 0 Å². The molecule has 0 fully saturated rings. The van der Waals surface area contributed by atoms with Crippen molar-refractivity contribution in [3.05, 3.63) is 0 Å². The molecule has 5 heteroatoms. The molecule has 0 heterocycles. The van der Waals surface area contributed by atoms with E-state index in [1.165, 1.54) is 6.92 Å². The predicted molar refractivity (Wildman–Crippen MR) is 68.5 cm³/mol. The highest BCUT2D eigenvalue weighted by Gasteiger charge is 2.22. The summed E-state index contributed by atoms with van der Waals surface area (Å²) < 4.78 is 0. The van der Waals surface area contributed by atoms with Gasteiger partial charge in [0.15, 0.2) is 0 Å². The molecule has 0 aliphatic heterocycles. The van der Waals surface area contributed by atoms with Gasteiger partial charge in [-0.3, -0.25) is 9.59 Å². The van der Waals surface area contributed by atoms with Gasteiger partial charge in [-0.25, -0.2) is 0 Å². The topological polar surface area (TPSA) is 49.4 Å². The van der Waals surface area contributed by atoms with Gasteiger partial charge in [0.2, 0.25) is 11.8 Å². The zero-order valence-corrected chi connectivity index (χ0v) is 11.4. The molecule has 2 unspecified atom stereocenters. The fraction of sp³-hybridized carbons (Fsp3) is 0.818. The Labute approximate surface area is 103 Å². The summed E-state index contributed by atoms with van der Waals surface area (Å²) in [5.41, 5.74) is 0. The average Bonchev–Trinajstić information content (AvgIpc) is 2.24. The van der Waals surface area contributed by atoms with Crippen LogP contribution in [0, 0.1) is 5.92 Å². The fourth-order valence-corrected chi connectivity index (χ4v) is 1.63. The first-order valence-electron chi connectivity index (χ1n) is 5.55. The van der Waals surface area contributed by atoms with Gasteiger partial charge < -0.3 is 10.2 Å². The van der Waals surface area contributed by atoms with E-state index in [1.807, 2.05) is 0 Å². The second kappa shape index (κ2) is 7.54. The van der Waals surface area contributed by atoms with Crippen molar-refractivity contribution in [3.63, 3.8) is 0 Å². The van der Waals surface area contributed by atoms with Gasteiger partial charge in [0, 0.05) is 26.3 Å². The summed E-state index contributed by atoms with van der Waals surface area (Å²) in [4.78, 5) is 24.5. The standard InChI is InChI=1S/C11H22N2O2S/c1-5-8(2)6-13(4)11(15)10(7-16)12-9(3)14/h8,10,16H,5-7H2,1-4H3,(H,12,14). The third-order valence-electron chi connectivity index (χ3n) is 2.52. The van der Waals surface area contributed by atoms with Gasteiger partial charge in [-0.1, -0.05) is 20.3 Å². The van der Waals surface area contributed by atoms with Gasteiger partial charge in [-0.15, -0.1) is 0 Å². The summed E-state index contributed by atoms with van der Waals surface area (Å²) in [7, 11) is 1.76. The van der Waals surface area contributed by atoms with Crippen LogP contribution in [0.5, 0.6) is 0 Å². The Morgan fingerprint density at radius 1 is 1.44 bits per heavy atom. The lowest BCUT2D eigenvalue weighted by Crippen LogP contribution is -2.48. The summed E-state index contributed by atoms with van der Waals surface area (Å²) in [5, 5.41) is 2.59. The van der Waals surface area contributed by atoms with Crippen LogP contribution in [0.15, 0.2) is 0 Å². The van der Waals surface area contributed by atoms with E-state index in [1.54, 1.807) is 11.9 Å². The maximum Gasteiger partial charge on any atom is 0.245 e. The van der Waals surface area contributed by atoms with E-state index >= 15 is 0 Å². The van der Waals surface area contributed by atoms with Crippen LogP contribution in [0.4, 0.5) is 0 Å². The molecule has 1 N–H and O–H groups in total. The summed E-state index contributed by atoms with van der Waals surface area (Å²) in [6, 6.07) is -0.519. The molecule has 0 aromatic carbocycles. The minimum atomic E-state index is -0.519. The molecule has 0 bridgehead atoms. The van der Waals surface area contributed by atoms with Crippen molar-refractivity contribution in [3.8, 4) is 0 Å². The van der Waals surface area contributed by atoms with Crippen LogP contribution >= 0.6 is 12.6 Å². The number of rotatable bonds is 6. The monoisotopic (exact) mass is 246 g/mol. The van der Waals surface area contributed by atoms with Crippen LogP contribution in [0.2, 0.25) is 0 Å². The fourth-order valence-electron chi connectivity index (χ4n) is 1.38. The van der Waals surface area contributed by atoms with E-state index < -0.39 is 6.04 Å². The molecular weight excluding hydrogens is 224 g/mol. The molecule has 2 amide bonds. The number of nitrogens with zero attached hydrogens (tertiary/aromatic N) is 1. The van der Waals surface area contributed by atoms with Crippen LogP contribution in [0.1, 0.15) is 27.2 Å². The zero-order chi connectivity index (χ0) is 12.7. The van der Waals surface area contributed by atoms with Gasteiger partial charge in [-0.2, -0.15) is 12.6 Å². The molecule has 0 aliphatic carbocycles. The smallest absolute Gasteiger partial charge is 0.245 e. The summed E-state index contributed by atoms with van der Waals surface area (Å²) in [5.74, 6) is 0.505. The van der Waals surface area contributed by atoms with Crippen molar-refractivity contribution in [1.82, 2.24) is 10.2 Å². The number of thiol groups is 1. The van der Waals surface area contributed by atoms with Crippen LogP contribution in [-0.2, 0) is 9.59 Å². The number of carbonyl (C=O) groups excluding carboxylic acids is 2. The lowest BCUT2D eigenvalue weighted by molar-refractivity contribution is -0.134. The molecule has 0 aromatic heterocycles. The van der Waals surface area contributed by atoms with E-state index in [4.69, 9.17) is 0 Å². The van der Waals surface area contributed by atoms with E-state index in [9.17, 15) is 9.59 Å². The number of amides is 2. The Kier molecular flexibility index (Phi) is 7.21. The highest BCUT2D eigenvalue weighted by molar-refractivity contribution is 7.80. The Balaban J connectivity index is 4.32. The van der Waals surface area contributed by atoms with Gasteiger partial charge in [0.05, 0.1) is 0 Å². The molecule has 0 radical (unpaired) electrons. The van der Waals surface area contributed by atoms with Crippen molar-refractivity contribution in [1.29, 1.82) is 0 Å². The minimum Gasteiger partial charge on any atom is -0.344 e.